The first kappa shape index (κ1) is 10.6. The third-order valence-electron chi connectivity index (χ3n) is 3.93. The van der Waals surface area contributed by atoms with Crippen molar-refractivity contribution in [3.63, 3.8) is 0 Å². The summed E-state index contributed by atoms with van der Waals surface area (Å²) in [5.41, 5.74) is 8.80. The van der Waals surface area contributed by atoms with Gasteiger partial charge in [0.05, 0.1) is 5.41 Å². The maximum absolute atomic E-state index is 5.88. The highest BCUT2D eigenvalue weighted by Gasteiger charge is 2.49. The summed E-state index contributed by atoms with van der Waals surface area (Å²) in [7, 11) is 0. The van der Waals surface area contributed by atoms with Crippen LogP contribution in [0, 0.1) is 0 Å². The van der Waals surface area contributed by atoms with E-state index in [1.807, 2.05) is 28.8 Å². The number of hydrogen-bond acceptors (Lipinski definition) is 3. The first-order chi connectivity index (χ1) is 9.29. The number of nitrogens with two attached hydrogens (primary N) is 1. The van der Waals surface area contributed by atoms with Gasteiger partial charge in [-0.2, -0.15) is 0 Å². The van der Waals surface area contributed by atoms with Crippen molar-refractivity contribution in [3.8, 4) is 0 Å². The van der Waals surface area contributed by atoms with E-state index in [0.29, 0.717) is 0 Å². The lowest BCUT2D eigenvalue weighted by Crippen LogP contribution is -2.13. The van der Waals surface area contributed by atoms with Gasteiger partial charge >= 0.3 is 0 Å². The molecule has 1 aliphatic rings. The molecule has 4 nitrogen and oxygen atoms in total. The molecule has 2 N–H and O–H groups in total. The Morgan fingerprint density at radius 1 is 1.00 bits per heavy atom. The number of fused-ring (bicyclic) bond motifs is 1. The molecule has 1 fully saturated rings. The van der Waals surface area contributed by atoms with Crippen LogP contribution in [-0.2, 0) is 5.41 Å². The third kappa shape index (κ3) is 1.46. The van der Waals surface area contributed by atoms with Gasteiger partial charge in [0.1, 0.15) is 5.82 Å². The standard InChI is InChI=1S/C15H14N4/c16-12-6-7-13-17-18-14(19(13)10-12)15(8-9-15)11-4-2-1-3-5-11/h1-7,10H,8-9,16H2. The number of pyridine rings is 1. The van der Waals surface area contributed by atoms with Gasteiger partial charge in [-0.05, 0) is 30.5 Å². The minimum absolute atomic E-state index is 0.0223. The highest BCUT2D eigenvalue weighted by Crippen LogP contribution is 2.52. The maximum atomic E-state index is 5.88. The Bertz CT molecular complexity index is 741. The molecule has 3 aromatic rings. The fourth-order valence-corrected chi connectivity index (χ4v) is 2.76. The molecule has 0 amide bonds. The molecular formula is C15H14N4. The van der Waals surface area contributed by atoms with E-state index in [2.05, 4.69) is 34.5 Å². The number of anilines is 1. The van der Waals surface area contributed by atoms with Crippen molar-refractivity contribution in [2.45, 2.75) is 18.3 Å². The Kier molecular flexibility index (Phi) is 1.98. The topological polar surface area (TPSA) is 56.2 Å². The highest BCUT2D eigenvalue weighted by atomic mass is 15.3. The van der Waals surface area contributed by atoms with Crippen LogP contribution in [0.3, 0.4) is 0 Å². The Balaban J connectivity index is 1.93. The van der Waals surface area contributed by atoms with Gasteiger partial charge < -0.3 is 5.73 Å². The average Bonchev–Trinajstić information content (AvgIpc) is 3.15. The van der Waals surface area contributed by atoms with Gasteiger partial charge in [-0.25, -0.2) is 0 Å². The Hall–Kier alpha value is -2.36. The van der Waals surface area contributed by atoms with Crippen LogP contribution in [0.4, 0.5) is 5.69 Å². The quantitative estimate of drug-likeness (QED) is 0.759. The molecule has 0 radical (unpaired) electrons. The molecule has 1 aliphatic carbocycles. The van der Waals surface area contributed by atoms with E-state index in [1.165, 1.54) is 5.56 Å². The first-order valence-electron chi connectivity index (χ1n) is 6.46. The molecule has 4 heteroatoms. The zero-order valence-electron chi connectivity index (χ0n) is 10.5. The molecule has 1 saturated carbocycles. The summed E-state index contributed by atoms with van der Waals surface area (Å²) in [5, 5.41) is 8.65. The second kappa shape index (κ2) is 3.57. The average molecular weight is 250 g/mol. The van der Waals surface area contributed by atoms with Crippen molar-refractivity contribution >= 4 is 11.3 Å². The SMILES string of the molecule is Nc1ccc2nnc(C3(c4ccccc4)CC3)n2c1. The van der Waals surface area contributed by atoms with E-state index in [9.17, 15) is 0 Å². The van der Waals surface area contributed by atoms with Crippen molar-refractivity contribution in [2.24, 2.45) is 0 Å². The van der Waals surface area contributed by atoms with Gasteiger partial charge in [-0.3, -0.25) is 4.40 Å². The van der Waals surface area contributed by atoms with Crippen LogP contribution < -0.4 is 5.73 Å². The molecule has 94 valence electrons. The summed E-state index contributed by atoms with van der Waals surface area (Å²) in [6.45, 7) is 0. The van der Waals surface area contributed by atoms with E-state index >= 15 is 0 Å². The molecule has 2 heterocycles. The lowest BCUT2D eigenvalue weighted by molar-refractivity contribution is 0.740. The van der Waals surface area contributed by atoms with Crippen LogP contribution in [0.2, 0.25) is 0 Å². The minimum atomic E-state index is 0.0223. The largest absolute Gasteiger partial charge is 0.398 e. The molecule has 0 atom stereocenters. The van der Waals surface area contributed by atoms with Crippen molar-refractivity contribution < 1.29 is 0 Å². The van der Waals surface area contributed by atoms with Crippen molar-refractivity contribution in [1.29, 1.82) is 0 Å². The number of nitrogens with zero attached hydrogens (tertiary/aromatic N) is 3. The number of aromatic nitrogens is 3. The number of benzene rings is 1. The van der Waals surface area contributed by atoms with Gasteiger partial charge in [0, 0.05) is 11.9 Å². The van der Waals surface area contributed by atoms with Crippen LogP contribution >= 0.6 is 0 Å². The van der Waals surface area contributed by atoms with Crippen LogP contribution in [-0.4, -0.2) is 14.6 Å². The Morgan fingerprint density at radius 3 is 2.53 bits per heavy atom. The Labute approximate surface area is 110 Å². The van der Waals surface area contributed by atoms with Crippen molar-refractivity contribution in [1.82, 2.24) is 14.6 Å². The fraction of sp³-hybridized carbons (Fsp3) is 0.200. The minimum Gasteiger partial charge on any atom is -0.398 e. The lowest BCUT2D eigenvalue weighted by atomic mass is 9.95. The van der Waals surface area contributed by atoms with Crippen molar-refractivity contribution in [2.75, 3.05) is 5.73 Å². The summed E-state index contributed by atoms with van der Waals surface area (Å²) in [6, 6.07) is 14.3. The van der Waals surface area contributed by atoms with Crippen LogP contribution in [0.1, 0.15) is 24.2 Å². The first-order valence-corrected chi connectivity index (χ1v) is 6.46. The summed E-state index contributed by atoms with van der Waals surface area (Å²) >= 11 is 0. The van der Waals surface area contributed by atoms with Gasteiger partial charge in [-0.15, -0.1) is 10.2 Å². The molecule has 19 heavy (non-hydrogen) atoms. The van der Waals surface area contributed by atoms with Gasteiger partial charge in [0.2, 0.25) is 0 Å². The van der Waals surface area contributed by atoms with Crippen LogP contribution in [0.15, 0.2) is 48.7 Å². The normalized spacial score (nSPS) is 16.6. The molecule has 4 rings (SSSR count). The molecule has 0 aliphatic heterocycles. The fourth-order valence-electron chi connectivity index (χ4n) is 2.76. The Morgan fingerprint density at radius 2 is 1.79 bits per heavy atom. The second-order valence-electron chi connectivity index (χ2n) is 5.16. The second-order valence-corrected chi connectivity index (χ2v) is 5.16. The molecule has 0 unspecified atom stereocenters. The van der Waals surface area contributed by atoms with Gasteiger partial charge in [0.15, 0.2) is 5.65 Å². The summed E-state index contributed by atoms with van der Waals surface area (Å²) in [5.74, 6) is 1.00. The monoisotopic (exact) mass is 250 g/mol. The van der Waals surface area contributed by atoms with E-state index in [1.54, 1.807) is 0 Å². The summed E-state index contributed by atoms with van der Waals surface area (Å²) in [6.07, 6.45) is 4.15. The van der Waals surface area contributed by atoms with Crippen LogP contribution in [0.5, 0.6) is 0 Å². The lowest BCUT2D eigenvalue weighted by Gasteiger charge is -2.13. The van der Waals surface area contributed by atoms with Gasteiger partial charge in [-0.1, -0.05) is 30.3 Å². The van der Waals surface area contributed by atoms with E-state index in [0.717, 1.165) is 30.0 Å². The van der Waals surface area contributed by atoms with Crippen molar-refractivity contribution in [3.05, 3.63) is 60.0 Å². The van der Waals surface area contributed by atoms with E-state index in [-0.39, 0.29) is 5.41 Å². The highest BCUT2D eigenvalue weighted by molar-refractivity contribution is 5.50. The number of rotatable bonds is 2. The number of hydrogen-bond donors (Lipinski definition) is 1. The zero-order chi connectivity index (χ0) is 12.9. The summed E-state index contributed by atoms with van der Waals surface area (Å²) < 4.78 is 2.02. The van der Waals surface area contributed by atoms with Crippen LogP contribution in [0.25, 0.3) is 5.65 Å². The predicted molar refractivity (Wildman–Crippen MR) is 73.9 cm³/mol. The molecule has 2 aromatic heterocycles. The smallest absolute Gasteiger partial charge is 0.160 e. The third-order valence-corrected chi connectivity index (χ3v) is 3.93. The van der Waals surface area contributed by atoms with Gasteiger partial charge in [0.25, 0.3) is 0 Å². The maximum Gasteiger partial charge on any atom is 0.160 e. The molecule has 0 spiro atoms. The predicted octanol–water partition coefficient (Wildman–Crippen LogP) is 2.39. The molecule has 0 saturated heterocycles. The van der Waals surface area contributed by atoms with E-state index in [4.69, 9.17) is 5.73 Å². The zero-order valence-corrected chi connectivity index (χ0v) is 10.5. The molecular weight excluding hydrogens is 236 g/mol. The summed E-state index contributed by atoms with van der Waals surface area (Å²) in [4.78, 5) is 0. The molecule has 0 bridgehead atoms. The van der Waals surface area contributed by atoms with E-state index < -0.39 is 0 Å². The number of nitrogen functional groups attached to an aromatic ring is 1. The molecule has 1 aromatic carbocycles.